The van der Waals surface area contributed by atoms with E-state index >= 15 is 0 Å². The van der Waals surface area contributed by atoms with E-state index in [0.717, 1.165) is 41.9 Å². The number of rotatable bonds is 6. The molecule has 0 bridgehead atoms. The summed E-state index contributed by atoms with van der Waals surface area (Å²) in [6.45, 7) is 2.78. The van der Waals surface area contributed by atoms with Crippen molar-refractivity contribution in [1.29, 1.82) is 0 Å². The Morgan fingerprint density at radius 1 is 1.16 bits per heavy atom. The maximum Gasteiger partial charge on any atom is 0.273 e. The van der Waals surface area contributed by atoms with E-state index in [1.807, 2.05) is 24.3 Å². The summed E-state index contributed by atoms with van der Waals surface area (Å²) in [6, 6.07) is 14.5. The lowest BCUT2D eigenvalue weighted by Gasteiger charge is -2.23. The molecule has 2 N–H and O–H groups in total. The van der Waals surface area contributed by atoms with Crippen molar-refractivity contribution in [2.24, 2.45) is 0 Å². The van der Waals surface area contributed by atoms with Crippen LogP contribution in [0.2, 0.25) is 0 Å². The number of fused-ring (bicyclic) bond motifs is 1. The average molecular weight is 415 g/mol. The molecule has 1 aliphatic heterocycles. The molecule has 7 heteroatoms. The number of H-pyrrole nitrogens is 2. The molecule has 1 aliphatic rings. The predicted octanol–water partition coefficient (Wildman–Crippen LogP) is 3.59. The zero-order valence-electron chi connectivity index (χ0n) is 17.5. The van der Waals surface area contributed by atoms with E-state index in [1.54, 1.807) is 19.5 Å². The van der Waals surface area contributed by atoms with Crippen molar-refractivity contribution in [3.8, 4) is 22.5 Å². The van der Waals surface area contributed by atoms with Crippen LogP contribution in [0.25, 0.3) is 33.4 Å². The Bertz CT molecular complexity index is 1250. The van der Waals surface area contributed by atoms with Crippen molar-refractivity contribution in [2.45, 2.75) is 25.4 Å². The molecule has 0 radical (unpaired) electrons. The van der Waals surface area contributed by atoms with Crippen molar-refractivity contribution < 1.29 is 4.74 Å². The molecule has 0 amide bonds. The molecule has 1 saturated heterocycles. The Morgan fingerprint density at radius 2 is 2.03 bits per heavy atom. The second kappa shape index (κ2) is 8.45. The Morgan fingerprint density at radius 3 is 2.87 bits per heavy atom. The van der Waals surface area contributed by atoms with Gasteiger partial charge in [-0.15, -0.1) is 0 Å². The van der Waals surface area contributed by atoms with E-state index in [-0.39, 0.29) is 5.56 Å². The number of aromatic nitrogens is 4. The second-order valence-electron chi connectivity index (χ2n) is 8.06. The Hall–Kier alpha value is -3.29. The molecule has 1 unspecified atom stereocenters. The normalized spacial score (nSPS) is 16.9. The lowest BCUT2D eigenvalue weighted by molar-refractivity contribution is 0.112. The Kier molecular flexibility index (Phi) is 5.36. The maximum atomic E-state index is 12.5. The molecule has 1 fully saturated rings. The zero-order valence-corrected chi connectivity index (χ0v) is 17.5. The number of nitrogens with one attached hydrogen (secondary N) is 2. The van der Waals surface area contributed by atoms with E-state index in [1.165, 1.54) is 18.4 Å². The number of nitrogens with zero attached hydrogens (tertiary/aromatic N) is 3. The van der Waals surface area contributed by atoms with E-state index in [4.69, 9.17) is 4.74 Å². The summed E-state index contributed by atoms with van der Waals surface area (Å²) in [6.07, 6.45) is 5.83. The molecule has 4 heterocycles. The number of hydrogen-bond acceptors (Lipinski definition) is 5. The van der Waals surface area contributed by atoms with Crippen molar-refractivity contribution in [2.75, 3.05) is 20.3 Å². The van der Waals surface area contributed by atoms with Crippen LogP contribution in [0.1, 0.15) is 18.4 Å². The molecular formula is C24H25N5O2. The molecular weight excluding hydrogens is 390 g/mol. The van der Waals surface area contributed by atoms with Gasteiger partial charge in [0.2, 0.25) is 0 Å². The number of aromatic amines is 2. The van der Waals surface area contributed by atoms with E-state index in [0.29, 0.717) is 17.3 Å². The highest BCUT2D eigenvalue weighted by atomic mass is 16.5. The highest BCUT2D eigenvalue weighted by Gasteiger charge is 2.24. The lowest BCUT2D eigenvalue weighted by Crippen LogP contribution is -2.32. The fourth-order valence-corrected chi connectivity index (χ4v) is 4.41. The molecule has 158 valence electrons. The lowest BCUT2D eigenvalue weighted by atomic mass is 10.1. The van der Waals surface area contributed by atoms with Gasteiger partial charge in [-0.3, -0.25) is 14.7 Å². The van der Waals surface area contributed by atoms with Crippen LogP contribution in [0.15, 0.2) is 59.7 Å². The summed E-state index contributed by atoms with van der Waals surface area (Å²) in [5.74, 6) is 0. The van der Waals surface area contributed by atoms with Gasteiger partial charge in [0.05, 0.1) is 23.6 Å². The monoisotopic (exact) mass is 415 g/mol. The van der Waals surface area contributed by atoms with Crippen LogP contribution in [-0.4, -0.2) is 51.4 Å². The van der Waals surface area contributed by atoms with E-state index in [9.17, 15) is 4.79 Å². The van der Waals surface area contributed by atoms with Crippen molar-refractivity contribution in [1.82, 2.24) is 25.1 Å². The highest BCUT2D eigenvalue weighted by molar-refractivity contribution is 5.86. The van der Waals surface area contributed by atoms with Crippen LogP contribution in [0.4, 0.5) is 0 Å². The number of methoxy groups -OCH3 is 1. The number of pyridine rings is 1. The van der Waals surface area contributed by atoms with Crippen LogP contribution in [0, 0.1) is 0 Å². The first kappa shape index (κ1) is 19.7. The van der Waals surface area contributed by atoms with Gasteiger partial charge in [-0.1, -0.05) is 12.1 Å². The molecule has 5 rings (SSSR count). The molecule has 31 heavy (non-hydrogen) atoms. The minimum Gasteiger partial charge on any atom is -0.383 e. The molecule has 7 nitrogen and oxygen atoms in total. The topological polar surface area (TPSA) is 86.9 Å². The first-order chi connectivity index (χ1) is 15.2. The minimum absolute atomic E-state index is 0.218. The third-order valence-electron chi connectivity index (χ3n) is 6.00. The first-order valence-corrected chi connectivity index (χ1v) is 10.6. The molecule has 0 saturated carbocycles. The fraction of sp³-hybridized carbons (Fsp3) is 0.292. The Labute approximate surface area is 180 Å². The van der Waals surface area contributed by atoms with Crippen LogP contribution in [-0.2, 0) is 11.3 Å². The molecule has 3 aromatic heterocycles. The van der Waals surface area contributed by atoms with Crippen LogP contribution in [0.5, 0.6) is 0 Å². The molecule has 0 aliphatic carbocycles. The van der Waals surface area contributed by atoms with Crippen molar-refractivity contribution in [3.63, 3.8) is 0 Å². The summed E-state index contributed by atoms with van der Waals surface area (Å²) in [5, 5.41) is 7.89. The summed E-state index contributed by atoms with van der Waals surface area (Å²) in [7, 11) is 1.77. The standard InChI is InChI=1S/C24H25N5O2/c1-31-15-19-3-2-10-29(19)14-16-4-5-18-12-23(26-21(18)11-16)20-13-22(27-28-24(20)30)17-6-8-25-9-7-17/h4-9,11-13,19,26H,2-3,10,14-15H2,1H3,(H,28,30). The number of hydrogen-bond donors (Lipinski definition) is 2. The van der Waals surface area contributed by atoms with Gasteiger partial charge in [-0.05, 0) is 55.3 Å². The fourth-order valence-electron chi connectivity index (χ4n) is 4.41. The average Bonchev–Trinajstić information content (AvgIpc) is 3.41. The summed E-state index contributed by atoms with van der Waals surface area (Å²) >= 11 is 0. The third kappa shape index (κ3) is 4.02. The number of likely N-dealkylation sites (tertiary alicyclic amines) is 1. The van der Waals surface area contributed by atoms with Gasteiger partial charge in [0, 0.05) is 48.6 Å². The maximum absolute atomic E-state index is 12.5. The Balaban J connectivity index is 1.45. The zero-order chi connectivity index (χ0) is 21.2. The van der Waals surface area contributed by atoms with Gasteiger partial charge in [0.15, 0.2) is 0 Å². The van der Waals surface area contributed by atoms with Gasteiger partial charge in [-0.25, -0.2) is 5.10 Å². The molecule has 1 atom stereocenters. The quantitative estimate of drug-likeness (QED) is 0.503. The molecule has 1 aromatic carbocycles. The van der Waals surface area contributed by atoms with Crippen LogP contribution in [0.3, 0.4) is 0 Å². The van der Waals surface area contributed by atoms with E-state index < -0.39 is 0 Å². The van der Waals surface area contributed by atoms with Gasteiger partial charge in [0.1, 0.15) is 0 Å². The first-order valence-electron chi connectivity index (χ1n) is 10.6. The number of benzene rings is 1. The smallest absolute Gasteiger partial charge is 0.273 e. The predicted molar refractivity (Wildman–Crippen MR) is 121 cm³/mol. The highest BCUT2D eigenvalue weighted by Crippen LogP contribution is 2.27. The second-order valence-corrected chi connectivity index (χ2v) is 8.06. The van der Waals surface area contributed by atoms with E-state index in [2.05, 4.69) is 43.3 Å². The summed E-state index contributed by atoms with van der Waals surface area (Å²) < 4.78 is 5.38. The third-order valence-corrected chi connectivity index (χ3v) is 6.00. The molecule has 4 aromatic rings. The van der Waals surface area contributed by atoms with Gasteiger partial charge in [-0.2, -0.15) is 5.10 Å². The van der Waals surface area contributed by atoms with Gasteiger partial charge in [0.25, 0.3) is 5.56 Å². The van der Waals surface area contributed by atoms with Gasteiger partial charge >= 0.3 is 0 Å². The largest absolute Gasteiger partial charge is 0.383 e. The number of ether oxygens (including phenoxy) is 1. The van der Waals surface area contributed by atoms with Crippen LogP contribution < -0.4 is 5.56 Å². The van der Waals surface area contributed by atoms with Crippen molar-refractivity contribution in [3.05, 3.63) is 70.8 Å². The SMILES string of the molecule is COCC1CCCN1Cc1ccc2cc(-c3cc(-c4ccncc4)n[nH]c3=O)[nH]c2c1. The van der Waals surface area contributed by atoms with Crippen molar-refractivity contribution >= 4 is 10.9 Å². The summed E-state index contributed by atoms with van der Waals surface area (Å²) in [4.78, 5) is 22.5. The summed E-state index contributed by atoms with van der Waals surface area (Å²) in [5.41, 5.74) is 5.02. The minimum atomic E-state index is -0.218. The molecule has 0 spiro atoms. The van der Waals surface area contributed by atoms with Crippen LogP contribution >= 0.6 is 0 Å². The van der Waals surface area contributed by atoms with Gasteiger partial charge < -0.3 is 9.72 Å².